The number of benzene rings is 1. The Labute approximate surface area is 116 Å². The van der Waals surface area contributed by atoms with Crippen molar-refractivity contribution in [2.24, 2.45) is 7.05 Å². The number of nitrogens with one attached hydrogen (secondary N) is 1. The minimum Gasteiger partial charge on any atom is -0.348 e. The van der Waals surface area contributed by atoms with Gasteiger partial charge in [-0.05, 0) is 58.7 Å². The topological polar surface area (TPSA) is 17.0 Å². The van der Waals surface area contributed by atoms with Gasteiger partial charge in [-0.1, -0.05) is 18.2 Å². The van der Waals surface area contributed by atoms with Gasteiger partial charge in [0.1, 0.15) is 0 Å². The Morgan fingerprint density at radius 1 is 1.16 bits per heavy atom. The lowest BCUT2D eigenvalue weighted by Crippen LogP contribution is -2.36. The van der Waals surface area contributed by atoms with Gasteiger partial charge in [-0.2, -0.15) is 0 Å². The second-order valence-corrected chi connectivity index (χ2v) is 6.42. The zero-order valence-electron chi connectivity index (χ0n) is 12.9. The number of fused-ring (bicyclic) bond motifs is 1. The van der Waals surface area contributed by atoms with E-state index in [0.29, 0.717) is 0 Å². The first-order valence-electron chi connectivity index (χ1n) is 7.18. The van der Waals surface area contributed by atoms with Crippen molar-refractivity contribution in [1.29, 1.82) is 0 Å². The maximum absolute atomic E-state index is 3.56. The first kappa shape index (κ1) is 14.1. The van der Waals surface area contributed by atoms with Gasteiger partial charge in [0.2, 0.25) is 0 Å². The molecule has 0 fully saturated rings. The van der Waals surface area contributed by atoms with Gasteiger partial charge in [0.15, 0.2) is 0 Å². The third-order valence-corrected chi connectivity index (χ3v) is 3.79. The molecule has 1 N–H and O–H groups in total. The maximum Gasteiger partial charge on any atom is 0.0482 e. The molecule has 104 valence electrons. The van der Waals surface area contributed by atoms with Gasteiger partial charge in [-0.25, -0.2) is 0 Å². The van der Waals surface area contributed by atoms with E-state index in [0.717, 1.165) is 13.0 Å². The predicted molar refractivity (Wildman–Crippen MR) is 83.7 cm³/mol. The fourth-order valence-corrected chi connectivity index (χ4v) is 2.64. The van der Waals surface area contributed by atoms with E-state index < -0.39 is 0 Å². The van der Waals surface area contributed by atoms with Gasteiger partial charge in [0.05, 0.1) is 0 Å². The Hall–Kier alpha value is -1.28. The Balaban J connectivity index is 2.11. The highest BCUT2D eigenvalue weighted by Crippen LogP contribution is 2.25. The SMILES string of the molecule is Cc1c(CCCNC(C)(C)C)c2ccccc2n1C. The number of rotatable bonds is 4. The number of aryl methyl sites for hydroxylation is 2. The van der Waals surface area contributed by atoms with Crippen molar-refractivity contribution < 1.29 is 0 Å². The molecule has 0 spiro atoms. The normalized spacial score (nSPS) is 12.3. The third-order valence-electron chi connectivity index (χ3n) is 3.79. The molecule has 0 saturated heterocycles. The second kappa shape index (κ2) is 5.38. The number of nitrogens with zero attached hydrogens (tertiary/aromatic N) is 1. The summed E-state index contributed by atoms with van der Waals surface area (Å²) in [6, 6.07) is 8.71. The van der Waals surface area contributed by atoms with E-state index in [1.54, 1.807) is 0 Å². The summed E-state index contributed by atoms with van der Waals surface area (Å²) in [5.74, 6) is 0. The number of hydrogen-bond donors (Lipinski definition) is 1. The van der Waals surface area contributed by atoms with Crippen LogP contribution in [0.15, 0.2) is 24.3 Å². The highest BCUT2D eigenvalue weighted by molar-refractivity contribution is 5.85. The molecule has 0 aliphatic rings. The first-order valence-corrected chi connectivity index (χ1v) is 7.18. The lowest BCUT2D eigenvalue weighted by atomic mass is 10.0. The van der Waals surface area contributed by atoms with Crippen molar-refractivity contribution >= 4 is 10.9 Å². The summed E-state index contributed by atoms with van der Waals surface area (Å²) in [6.45, 7) is 9.96. The van der Waals surface area contributed by atoms with Crippen molar-refractivity contribution in [2.75, 3.05) is 6.54 Å². The Bertz CT molecular complexity index is 558. The molecule has 2 rings (SSSR count). The minimum atomic E-state index is 0.216. The number of hydrogen-bond acceptors (Lipinski definition) is 1. The molecule has 2 heteroatoms. The van der Waals surface area contributed by atoms with E-state index in [1.807, 2.05) is 0 Å². The summed E-state index contributed by atoms with van der Waals surface area (Å²) in [5, 5.41) is 4.97. The lowest BCUT2D eigenvalue weighted by molar-refractivity contribution is 0.422. The van der Waals surface area contributed by atoms with Crippen LogP contribution in [0.3, 0.4) is 0 Å². The van der Waals surface area contributed by atoms with Crippen LogP contribution in [-0.2, 0) is 13.5 Å². The Kier molecular flexibility index (Phi) is 4.00. The minimum absolute atomic E-state index is 0.216. The fraction of sp³-hybridized carbons (Fsp3) is 0.529. The maximum atomic E-state index is 3.56. The summed E-state index contributed by atoms with van der Waals surface area (Å²) >= 11 is 0. The van der Waals surface area contributed by atoms with Crippen LogP contribution in [0.25, 0.3) is 10.9 Å². The molecule has 0 unspecified atom stereocenters. The summed E-state index contributed by atoms with van der Waals surface area (Å²) in [4.78, 5) is 0. The van der Waals surface area contributed by atoms with E-state index in [2.05, 4.69) is 68.9 Å². The van der Waals surface area contributed by atoms with Gasteiger partial charge < -0.3 is 9.88 Å². The van der Waals surface area contributed by atoms with Gasteiger partial charge in [-0.3, -0.25) is 0 Å². The summed E-state index contributed by atoms with van der Waals surface area (Å²) in [5.41, 5.74) is 4.47. The fourth-order valence-electron chi connectivity index (χ4n) is 2.64. The second-order valence-electron chi connectivity index (χ2n) is 6.42. The molecule has 0 aliphatic heterocycles. The molecule has 0 aliphatic carbocycles. The summed E-state index contributed by atoms with van der Waals surface area (Å²) < 4.78 is 2.31. The molecule has 0 bridgehead atoms. The predicted octanol–water partition coefficient (Wildman–Crippen LogP) is 3.81. The highest BCUT2D eigenvalue weighted by atomic mass is 14.9. The molecule has 19 heavy (non-hydrogen) atoms. The van der Waals surface area contributed by atoms with Crippen LogP contribution in [0.4, 0.5) is 0 Å². The average Bonchev–Trinajstić information content (AvgIpc) is 2.58. The van der Waals surface area contributed by atoms with Gasteiger partial charge >= 0.3 is 0 Å². The van der Waals surface area contributed by atoms with E-state index in [-0.39, 0.29) is 5.54 Å². The largest absolute Gasteiger partial charge is 0.348 e. The van der Waals surface area contributed by atoms with Crippen molar-refractivity contribution in [2.45, 2.75) is 46.1 Å². The quantitative estimate of drug-likeness (QED) is 0.825. The van der Waals surface area contributed by atoms with Gasteiger partial charge in [-0.15, -0.1) is 0 Å². The average molecular weight is 258 g/mol. The van der Waals surface area contributed by atoms with E-state index in [1.165, 1.54) is 28.6 Å². The Morgan fingerprint density at radius 2 is 1.84 bits per heavy atom. The third kappa shape index (κ3) is 3.19. The van der Waals surface area contributed by atoms with Crippen LogP contribution in [0.1, 0.15) is 38.4 Å². The summed E-state index contributed by atoms with van der Waals surface area (Å²) in [7, 11) is 2.16. The molecule has 1 aromatic heterocycles. The molecular formula is C17H26N2. The van der Waals surface area contributed by atoms with Crippen molar-refractivity contribution in [3.63, 3.8) is 0 Å². The van der Waals surface area contributed by atoms with Crippen LogP contribution in [0.2, 0.25) is 0 Å². The van der Waals surface area contributed by atoms with Crippen LogP contribution in [-0.4, -0.2) is 16.7 Å². The monoisotopic (exact) mass is 258 g/mol. The molecule has 0 saturated carbocycles. The molecule has 0 atom stereocenters. The molecular weight excluding hydrogens is 232 g/mol. The highest BCUT2D eigenvalue weighted by Gasteiger charge is 2.12. The molecule has 1 aromatic carbocycles. The zero-order chi connectivity index (χ0) is 14.0. The standard InChI is InChI=1S/C17H26N2/c1-13-14(10-8-12-18-17(2,3)4)15-9-6-7-11-16(15)19(13)5/h6-7,9,11,18H,8,10,12H2,1-5H3. The van der Waals surface area contributed by atoms with Crippen LogP contribution in [0.5, 0.6) is 0 Å². The van der Waals surface area contributed by atoms with Crippen LogP contribution in [0, 0.1) is 6.92 Å². The first-order chi connectivity index (χ1) is 8.90. The molecule has 1 heterocycles. The van der Waals surface area contributed by atoms with Gasteiger partial charge in [0.25, 0.3) is 0 Å². The van der Waals surface area contributed by atoms with E-state index in [4.69, 9.17) is 0 Å². The molecule has 2 aromatic rings. The smallest absolute Gasteiger partial charge is 0.0482 e. The van der Waals surface area contributed by atoms with Crippen molar-refractivity contribution in [3.8, 4) is 0 Å². The number of para-hydroxylation sites is 1. The van der Waals surface area contributed by atoms with Crippen LogP contribution >= 0.6 is 0 Å². The lowest BCUT2D eigenvalue weighted by Gasteiger charge is -2.20. The summed E-state index contributed by atoms with van der Waals surface area (Å²) in [6.07, 6.45) is 2.34. The van der Waals surface area contributed by atoms with Crippen molar-refractivity contribution in [1.82, 2.24) is 9.88 Å². The Morgan fingerprint density at radius 3 is 2.53 bits per heavy atom. The molecule has 0 amide bonds. The number of aromatic nitrogens is 1. The van der Waals surface area contributed by atoms with E-state index >= 15 is 0 Å². The van der Waals surface area contributed by atoms with Gasteiger partial charge in [0, 0.05) is 29.2 Å². The van der Waals surface area contributed by atoms with Crippen molar-refractivity contribution in [3.05, 3.63) is 35.5 Å². The zero-order valence-corrected chi connectivity index (χ0v) is 12.9. The van der Waals surface area contributed by atoms with Crippen LogP contribution < -0.4 is 5.32 Å². The molecule has 0 radical (unpaired) electrons. The van der Waals surface area contributed by atoms with E-state index in [9.17, 15) is 0 Å². The molecule has 2 nitrogen and oxygen atoms in total.